The Kier molecular flexibility index (Phi) is 3.17. The van der Waals surface area contributed by atoms with Crippen molar-refractivity contribution >= 4 is 0 Å². The lowest BCUT2D eigenvalue weighted by atomic mass is 9.88. The lowest BCUT2D eigenvalue weighted by molar-refractivity contribution is 0.461. The maximum atomic E-state index is 5.90. The molecule has 0 amide bonds. The third-order valence-electron chi connectivity index (χ3n) is 4.17. The summed E-state index contributed by atoms with van der Waals surface area (Å²) in [7, 11) is 0. The molecule has 2 nitrogen and oxygen atoms in total. The fourth-order valence-electron chi connectivity index (χ4n) is 2.99. The summed E-state index contributed by atoms with van der Waals surface area (Å²) in [6.45, 7) is 3.01. The fourth-order valence-corrected chi connectivity index (χ4v) is 2.99. The van der Waals surface area contributed by atoms with Crippen molar-refractivity contribution in [3.63, 3.8) is 0 Å². The molecule has 1 aliphatic heterocycles. The SMILES string of the molecule is NCc1cc(C2CCCNC2)ccc1C1CC1. The van der Waals surface area contributed by atoms with Crippen molar-refractivity contribution in [2.75, 3.05) is 13.1 Å². The van der Waals surface area contributed by atoms with E-state index in [9.17, 15) is 0 Å². The molecule has 1 aromatic carbocycles. The highest BCUT2D eigenvalue weighted by Gasteiger charge is 2.26. The van der Waals surface area contributed by atoms with Crippen LogP contribution in [-0.4, -0.2) is 13.1 Å². The van der Waals surface area contributed by atoms with E-state index in [1.807, 2.05) is 0 Å². The highest BCUT2D eigenvalue weighted by atomic mass is 14.9. The topological polar surface area (TPSA) is 38.0 Å². The van der Waals surface area contributed by atoms with Gasteiger partial charge in [-0.1, -0.05) is 18.2 Å². The normalized spacial score (nSPS) is 24.9. The van der Waals surface area contributed by atoms with E-state index in [1.165, 1.54) is 48.9 Å². The highest BCUT2D eigenvalue weighted by Crippen LogP contribution is 2.42. The third-order valence-corrected chi connectivity index (χ3v) is 4.17. The first-order valence-corrected chi connectivity index (χ1v) is 6.92. The van der Waals surface area contributed by atoms with E-state index in [0.717, 1.165) is 12.5 Å². The average Bonchev–Trinajstić information content (AvgIpc) is 3.23. The van der Waals surface area contributed by atoms with Gasteiger partial charge in [-0.2, -0.15) is 0 Å². The van der Waals surface area contributed by atoms with Gasteiger partial charge in [0, 0.05) is 13.1 Å². The number of benzene rings is 1. The van der Waals surface area contributed by atoms with Crippen molar-refractivity contribution in [2.45, 2.75) is 44.1 Å². The van der Waals surface area contributed by atoms with Gasteiger partial charge in [0.1, 0.15) is 0 Å². The van der Waals surface area contributed by atoms with Gasteiger partial charge in [0.05, 0.1) is 0 Å². The zero-order chi connectivity index (χ0) is 11.7. The quantitative estimate of drug-likeness (QED) is 0.837. The van der Waals surface area contributed by atoms with Crippen molar-refractivity contribution in [2.24, 2.45) is 5.73 Å². The maximum absolute atomic E-state index is 5.90. The summed E-state index contributed by atoms with van der Waals surface area (Å²) < 4.78 is 0. The molecule has 1 unspecified atom stereocenters. The van der Waals surface area contributed by atoms with Crippen LogP contribution >= 0.6 is 0 Å². The molecule has 2 heteroatoms. The zero-order valence-corrected chi connectivity index (χ0v) is 10.4. The Morgan fingerprint density at radius 3 is 2.71 bits per heavy atom. The van der Waals surface area contributed by atoms with Crippen molar-refractivity contribution in [1.82, 2.24) is 5.32 Å². The lowest BCUT2D eigenvalue weighted by Crippen LogP contribution is -2.28. The Hall–Kier alpha value is -0.860. The van der Waals surface area contributed by atoms with Crippen LogP contribution in [0.25, 0.3) is 0 Å². The molecular weight excluding hydrogens is 208 g/mol. The monoisotopic (exact) mass is 230 g/mol. The van der Waals surface area contributed by atoms with Crippen LogP contribution in [0.5, 0.6) is 0 Å². The molecule has 0 bridgehead atoms. The molecule has 1 aliphatic carbocycles. The van der Waals surface area contributed by atoms with Gasteiger partial charge in [0.15, 0.2) is 0 Å². The predicted octanol–water partition coefficient (Wildman–Crippen LogP) is 2.49. The highest BCUT2D eigenvalue weighted by molar-refractivity contribution is 5.38. The molecule has 0 spiro atoms. The first-order valence-electron chi connectivity index (χ1n) is 6.92. The fraction of sp³-hybridized carbons (Fsp3) is 0.600. The van der Waals surface area contributed by atoms with Crippen LogP contribution in [0.15, 0.2) is 18.2 Å². The van der Waals surface area contributed by atoms with E-state index in [4.69, 9.17) is 5.73 Å². The minimum Gasteiger partial charge on any atom is -0.326 e. The Labute approximate surface area is 104 Å². The second-order valence-electron chi connectivity index (χ2n) is 5.48. The molecule has 1 saturated carbocycles. The summed E-state index contributed by atoms with van der Waals surface area (Å²) in [4.78, 5) is 0. The Morgan fingerprint density at radius 1 is 1.18 bits per heavy atom. The molecule has 92 valence electrons. The van der Waals surface area contributed by atoms with E-state index >= 15 is 0 Å². The molecule has 1 aromatic rings. The smallest absolute Gasteiger partial charge is 0.0181 e. The van der Waals surface area contributed by atoms with Gasteiger partial charge < -0.3 is 11.1 Å². The summed E-state index contributed by atoms with van der Waals surface area (Å²) in [5.41, 5.74) is 10.3. The second-order valence-corrected chi connectivity index (χ2v) is 5.48. The van der Waals surface area contributed by atoms with Gasteiger partial charge in [-0.3, -0.25) is 0 Å². The molecule has 2 aliphatic rings. The number of hydrogen-bond acceptors (Lipinski definition) is 2. The van der Waals surface area contributed by atoms with Crippen LogP contribution in [0.4, 0.5) is 0 Å². The van der Waals surface area contributed by atoms with Gasteiger partial charge >= 0.3 is 0 Å². The molecule has 1 saturated heterocycles. The van der Waals surface area contributed by atoms with Crippen LogP contribution in [-0.2, 0) is 6.54 Å². The van der Waals surface area contributed by atoms with E-state index in [1.54, 1.807) is 0 Å². The average molecular weight is 230 g/mol. The first-order chi connectivity index (χ1) is 8.38. The van der Waals surface area contributed by atoms with Gasteiger partial charge in [-0.05, 0) is 60.8 Å². The molecular formula is C15H22N2. The van der Waals surface area contributed by atoms with Crippen LogP contribution in [0.3, 0.4) is 0 Å². The second kappa shape index (κ2) is 4.79. The van der Waals surface area contributed by atoms with Crippen molar-refractivity contribution in [3.8, 4) is 0 Å². The number of hydrogen-bond donors (Lipinski definition) is 2. The van der Waals surface area contributed by atoms with Gasteiger partial charge in [-0.25, -0.2) is 0 Å². The molecule has 1 heterocycles. The van der Waals surface area contributed by atoms with Gasteiger partial charge in [0.25, 0.3) is 0 Å². The van der Waals surface area contributed by atoms with E-state index in [-0.39, 0.29) is 0 Å². The van der Waals surface area contributed by atoms with Crippen molar-refractivity contribution in [3.05, 3.63) is 34.9 Å². The summed E-state index contributed by atoms with van der Waals surface area (Å²) in [5, 5.41) is 3.49. The summed E-state index contributed by atoms with van der Waals surface area (Å²) in [6, 6.07) is 7.04. The summed E-state index contributed by atoms with van der Waals surface area (Å²) in [6.07, 6.45) is 5.33. The van der Waals surface area contributed by atoms with Crippen LogP contribution in [0, 0.1) is 0 Å². The molecule has 3 rings (SSSR count). The minimum atomic E-state index is 0.694. The largest absolute Gasteiger partial charge is 0.326 e. The first kappa shape index (κ1) is 11.2. The summed E-state index contributed by atoms with van der Waals surface area (Å²) >= 11 is 0. The van der Waals surface area contributed by atoms with Crippen molar-refractivity contribution < 1.29 is 0 Å². The van der Waals surface area contributed by atoms with Crippen LogP contribution in [0.2, 0.25) is 0 Å². The molecule has 0 aromatic heterocycles. The predicted molar refractivity (Wildman–Crippen MR) is 71.2 cm³/mol. The number of piperidine rings is 1. The molecule has 0 radical (unpaired) electrons. The third kappa shape index (κ3) is 2.38. The molecule has 1 atom stereocenters. The Morgan fingerprint density at radius 2 is 2.06 bits per heavy atom. The van der Waals surface area contributed by atoms with E-state index in [2.05, 4.69) is 23.5 Å². The van der Waals surface area contributed by atoms with Crippen LogP contribution in [0.1, 0.15) is 54.2 Å². The maximum Gasteiger partial charge on any atom is 0.0181 e. The number of nitrogens with one attached hydrogen (secondary N) is 1. The van der Waals surface area contributed by atoms with Gasteiger partial charge in [-0.15, -0.1) is 0 Å². The van der Waals surface area contributed by atoms with E-state index < -0.39 is 0 Å². The summed E-state index contributed by atoms with van der Waals surface area (Å²) in [5.74, 6) is 1.51. The molecule has 3 N–H and O–H groups in total. The minimum absolute atomic E-state index is 0.694. The van der Waals surface area contributed by atoms with Crippen LogP contribution < -0.4 is 11.1 Å². The zero-order valence-electron chi connectivity index (χ0n) is 10.4. The molecule has 17 heavy (non-hydrogen) atoms. The van der Waals surface area contributed by atoms with Crippen molar-refractivity contribution in [1.29, 1.82) is 0 Å². The molecule has 2 fully saturated rings. The lowest BCUT2D eigenvalue weighted by Gasteiger charge is -2.24. The van der Waals surface area contributed by atoms with Gasteiger partial charge in [0.2, 0.25) is 0 Å². The Bertz CT molecular complexity index is 390. The Balaban J connectivity index is 1.84. The standard InChI is InChI=1S/C15H22N2/c16-9-14-8-12(13-2-1-7-17-10-13)5-6-15(14)11-3-4-11/h5-6,8,11,13,17H,1-4,7,9-10,16H2. The number of nitrogens with two attached hydrogens (primary N) is 1. The van der Waals surface area contributed by atoms with E-state index in [0.29, 0.717) is 12.5 Å². The number of rotatable bonds is 3.